The van der Waals surface area contributed by atoms with Crippen LogP contribution in [-0.2, 0) is 13.0 Å². The predicted molar refractivity (Wildman–Crippen MR) is 100 cm³/mol. The number of nitrogens with zero attached hydrogens (tertiary/aromatic N) is 1. The maximum absolute atomic E-state index is 12.6. The molecule has 0 radical (unpaired) electrons. The molecule has 1 heterocycles. The first kappa shape index (κ1) is 18.5. The molecule has 1 saturated heterocycles. The van der Waals surface area contributed by atoms with Crippen LogP contribution >= 0.6 is 12.4 Å². The molecular weight excluding hydrogens is 320 g/mol. The number of amides is 1. The molecule has 1 aliphatic heterocycles. The zero-order valence-corrected chi connectivity index (χ0v) is 14.7. The van der Waals surface area contributed by atoms with E-state index >= 15 is 0 Å². The van der Waals surface area contributed by atoms with Gasteiger partial charge in [0, 0.05) is 25.2 Å². The minimum atomic E-state index is 0. The van der Waals surface area contributed by atoms with Gasteiger partial charge in [0.25, 0.3) is 5.91 Å². The molecule has 3 nitrogen and oxygen atoms in total. The molecule has 0 spiro atoms. The Hall–Kier alpha value is -1.84. The fourth-order valence-electron chi connectivity index (χ4n) is 3.25. The summed E-state index contributed by atoms with van der Waals surface area (Å²) in [6, 6.07) is 18.3. The highest BCUT2D eigenvalue weighted by Crippen LogP contribution is 2.23. The quantitative estimate of drug-likeness (QED) is 0.920. The van der Waals surface area contributed by atoms with E-state index in [-0.39, 0.29) is 18.3 Å². The number of nitrogens with two attached hydrogens (primary N) is 1. The van der Waals surface area contributed by atoms with Crippen LogP contribution in [0.25, 0.3) is 0 Å². The third-order valence-corrected chi connectivity index (χ3v) is 4.71. The average molecular weight is 345 g/mol. The van der Waals surface area contributed by atoms with E-state index in [1.807, 2.05) is 29.2 Å². The topological polar surface area (TPSA) is 46.3 Å². The van der Waals surface area contributed by atoms with Crippen LogP contribution in [-0.4, -0.2) is 23.9 Å². The van der Waals surface area contributed by atoms with Crippen molar-refractivity contribution in [2.75, 3.05) is 13.1 Å². The highest BCUT2D eigenvalue weighted by molar-refractivity contribution is 5.94. The molecule has 0 atom stereocenters. The van der Waals surface area contributed by atoms with Gasteiger partial charge in [0.1, 0.15) is 0 Å². The Morgan fingerprint density at radius 1 is 0.958 bits per heavy atom. The van der Waals surface area contributed by atoms with Gasteiger partial charge in [-0.2, -0.15) is 0 Å². The second-order valence-corrected chi connectivity index (χ2v) is 6.33. The lowest BCUT2D eigenvalue weighted by molar-refractivity contribution is 0.0690. The van der Waals surface area contributed by atoms with Gasteiger partial charge in [0.2, 0.25) is 0 Å². The smallest absolute Gasteiger partial charge is 0.253 e. The van der Waals surface area contributed by atoms with E-state index < -0.39 is 0 Å². The largest absolute Gasteiger partial charge is 0.339 e. The van der Waals surface area contributed by atoms with Crippen molar-refractivity contribution in [1.82, 2.24) is 4.90 Å². The first-order valence-electron chi connectivity index (χ1n) is 8.38. The van der Waals surface area contributed by atoms with Crippen molar-refractivity contribution in [1.29, 1.82) is 0 Å². The molecule has 24 heavy (non-hydrogen) atoms. The molecule has 2 aromatic rings. The second kappa shape index (κ2) is 8.86. The maximum atomic E-state index is 12.6. The summed E-state index contributed by atoms with van der Waals surface area (Å²) in [5.74, 6) is 0.827. The van der Waals surface area contributed by atoms with Gasteiger partial charge < -0.3 is 10.6 Å². The van der Waals surface area contributed by atoms with Crippen molar-refractivity contribution in [3.63, 3.8) is 0 Å². The van der Waals surface area contributed by atoms with Gasteiger partial charge in [-0.3, -0.25) is 4.79 Å². The first-order valence-corrected chi connectivity index (χ1v) is 8.38. The molecule has 0 bridgehead atoms. The molecule has 3 rings (SSSR count). The molecule has 0 aliphatic carbocycles. The van der Waals surface area contributed by atoms with E-state index in [4.69, 9.17) is 5.73 Å². The molecule has 0 unspecified atom stereocenters. The lowest BCUT2D eigenvalue weighted by Gasteiger charge is -2.32. The Balaban J connectivity index is 0.00000208. The van der Waals surface area contributed by atoms with Crippen LogP contribution in [0.2, 0.25) is 0 Å². The molecule has 4 heteroatoms. The molecule has 2 N–H and O–H groups in total. The number of hydrogen-bond acceptors (Lipinski definition) is 2. The van der Waals surface area contributed by atoms with Gasteiger partial charge in [-0.15, -0.1) is 12.4 Å². The normalized spacial score (nSPS) is 15.0. The van der Waals surface area contributed by atoms with Crippen molar-refractivity contribution in [3.8, 4) is 0 Å². The van der Waals surface area contributed by atoms with Crippen molar-refractivity contribution in [2.24, 2.45) is 11.7 Å². The predicted octanol–water partition coefficient (Wildman–Crippen LogP) is 3.66. The second-order valence-electron chi connectivity index (χ2n) is 6.33. The highest BCUT2D eigenvalue weighted by Gasteiger charge is 2.23. The van der Waals surface area contributed by atoms with E-state index in [0.29, 0.717) is 12.5 Å². The third-order valence-electron chi connectivity index (χ3n) is 4.71. The van der Waals surface area contributed by atoms with Crippen LogP contribution in [0.4, 0.5) is 0 Å². The molecule has 1 aliphatic rings. The third kappa shape index (κ3) is 4.59. The monoisotopic (exact) mass is 344 g/mol. The summed E-state index contributed by atoms with van der Waals surface area (Å²) in [5.41, 5.74) is 8.83. The van der Waals surface area contributed by atoms with Crippen LogP contribution in [0.5, 0.6) is 0 Å². The van der Waals surface area contributed by atoms with Crippen molar-refractivity contribution in [3.05, 3.63) is 71.3 Å². The SMILES string of the molecule is Cl.NCc1ccc(C(=O)N2CCC(Cc3ccccc3)CC2)cc1. The van der Waals surface area contributed by atoms with Crippen LogP contribution in [0.1, 0.15) is 34.3 Å². The molecule has 2 aromatic carbocycles. The van der Waals surface area contributed by atoms with Crippen LogP contribution < -0.4 is 5.73 Å². The van der Waals surface area contributed by atoms with Crippen molar-refractivity contribution >= 4 is 18.3 Å². The van der Waals surface area contributed by atoms with Gasteiger partial charge in [-0.1, -0.05) is 42.5 Å². The van der Waals surface area contributed by atoms with Gasteiger partial charge in [0.05, 0.1) is 0 Å². The summed E-state index contributed by atoms with van der Waals surface area (Å²) < 4.78 is 0. The van der Waals surface area contributed by atoms with Crippen LogP contribution in [0.3, 0.4) is 0 Å². The Morgan fingerprint density at radius 3 is 2.17 bits per heavy atom. The van der Waals surface area contributed by atoms with Crippen molar-refractivity contribution < 1.29 is 4.79 Å². The van der Waals surface area contributed by atoms with Gasteiger partial charge in [-0.25, -0.2) is 0 Å². The molecular formula is C20H25ClN2O. The zero-order valence-electron chi connectivity index (χ0n) is 13.9. The lowest BCUT2D eigenvalue weighted by Crippen LogP contribution is -2.38. The molecule has 128 valence electrons. The number of rotatable bonds is 4. The Kier molecular flexibility index (Phi) is 6.83. The van der Waals surface area contributed by atoms with Crippen molar-refractivity contribution in [2.45, 2.75) is 25.8 Å². The van der Waals surface area contributed by atoms with E-state index in [0.717, 1.165) is 43.5 Å². The maximum Gasteiger partial charge on any atom is 0.253 e. The minimum Gasteiger partial charge on any atom is -0.339 e. The molecule has 0 saturated carbocycles. The molecule has 0 aromatic heterocycles. The van der Waals surface area contributed by atoms with Crippen LogP contribution in [0, 0.1) is 5.92 Å². The zero-order chi connectivity index (χ0) is 16.1. The van der Waals surface area contributed by atoms with Crippen LogP contribution in [0.15, 0.2) is 54.6 Å². The van der Waals surface area contributed by atoms with E-state index in [9.17, 15) is 4.79 Å². The number of halogens is 1. The fourth-order valence-corrected chi connectivity index (χ4v) is 3.25. The minimum absolute atomic E-state index is 0. The summed E-state index contributed by atoms with van der Waals surface area (Å²) in [6.07, 6.45) is 3.29. The molecule has 1 amide bonds. The first-order chi connectivity index (χ1) is 11.3. The van der Waals surface area contributed by atoms with Gasteiger partial charge >= 0.3 is 0 Å². The molecule has 1 fully saturated rings. The number of benzene rings is 2. The Labute approximate surface area is 150 Å². The highest BCUT2D eigenvalue weighted by atomic mass is 35.5. The number of likely N-dealkylation sites (tertiary alicyclic amines) is 1. The fraction of sp³-hybridized carbons (Fsp3) is 0.350. The van der Waals surface area contributed by atoms with Gasteiger partial charge in [-0.05, 0) is 48.4 Å². The van der Waals surface area contributed by atoms with E-state index in [1.165, 1.54) is 5.56 Å². The average Bonchev–Trinajstić information content (AvgIpc) is 2.63. The number of carbonyl (C=O) groups is 1. The summed E-state index contributed by atoms with van der Waals surface area (Å²) in [7, 11) is 0. The number of hydrogen-bond donors (Lipinski definition) is 1. The summed E-state index contributed by atoms with van der Waals surface area (Å²) in [6.45, 7) is 2.23. The van der Waals surface area contributed by atoms with E-state index in [1.54, 1.807) is 0 Å². The number of piperidine rings is 1. The number of carbonyl (C=O) groups excluding carboxylic acids is 1. The lowest BCUT2D eigenvalue weighted by atomic mass is 9.90. The standard InChI is InChI=1S/C20H24N2O.ClH/c21-15-18-6-8-19(9-7-18)20(23)22-12-10-17(11-13-22)14-16-4-2-1-3-5-16;/h1-9,17H,10-15,21H2;1H. The summed E-state index contributed by atoms with van der Waals surface area (Å²) >= 11 is 0. The summed E-state index contributed by atoms with van der Waals surface area (Å²) in [4.78, 5) is 14.5. The Bertz CT molecular complexity index is 634. The Morgan fingerprint density at radius 2 is 1.58 bits per heavy atom. The van der Waals surface area contributed by atoms with Gasteiger partial charge in [0.15, 0.2) is 0 Å². The summed E-state index contributed by atoms with van der Waals surface area (Å²) in [5, 5.41) is 0. The van der Waals surface area contributed by atoms with E-state index in [2.05, 4.69) is 30.3 Å².